The van der Waals surface area contributed by atoms with Gasteiger partial charge in [0.25, 0.3) is 0 Å². The minimum Gasteiger partial charge on any atom is -0.261 e. The number of hydrogen-bond acceptors (Lipinski definition) is 3. The molecule has 0 N–H and O–H groups in total. The van der Waals surface area contributed by atoms with E-state index in [2.05, 4.69) is 28.2 Å². The zero-order valence-corrected chi connectivity index (χ0v) is 10.2. The molecule has 0 atom stereocenters. The van der Waals surface area contributed by atoms with Crippen LogP contribution in [0.5, 0.6) is 0 Å². The highest BCUT2D eigenvalue weighted by Crippen LogP contribution is 1.98. The summed E-state index contributed by atoms with van der Waals surface area (Å²) >= 11 is 0. The van der Waals surface area contributed by atoms with Gasteiger partial charge in [-0.25, -0.2) is 0 Å². The first kappa shape index (κ1) is 12.3. The summed E-state index contributed by atoms with van der Waals surface area (Å²) in [5.74, 6) is 0. The van der Waals surface area contributed by atoms with Crippen molar-refractivity contribution in [2.24, 2.45) is 0 Å². The number of rotatable bonds is 0. The van der Waals surface area contributed by atoms with E-state index >= 15 is 0 Å². The Labute approximate surface area is 96.6 Å². The largest absolute Gasteiger partial charge is 0.261 e. The van der Waals surface area contributed by atoms with E-state index in [0.29, 0.717) is 0 Å². The van der Waals surface area contributed by atoms with Crippen molar-refractivity contribution in [1.29, 1.82) is 0 Å². The van der Waals surface area contributed by atoms with Gasteiger partial charge in [-0.05, 0) is 51.0 Å². The van der Waals surface area contributed by atoms with E-state index in [0.717, 1.165) is 11.4 Å². The fourth-order valence-electron chi connectivity index (χ4n) is 1.03. The van der Waals surface area contributed by atoms with Crippen LogP contribution in [-0.2, 0) is 0 Å². The van der Waals surface area contributed by atoms with Crippen molar-refractivity contribution in [3.63, 3.8) is 0 Å². The summed E-state index contributed by atoms with van der Waals surface area (Å²) in [6.45, 7) is 8.03. The average molecular weight is 215 g/mol. The number of pyridine rings is 1. The number of aryl methyl sites for hydroxylation is 4. The molecule has 3 nitrogen and oxygen atoms in total. The molecule has 2 aromatic rings. The molecule has 3 heteroatoms. The zero-order chi connectivity index (χ0) is 12.0. The van der Waals surface area contributed by atoms with Crippen LogP contribution in [0.1, 0.15) is 22.5 Å². The lowest BCUT2D eigenvalue weighted by molar-refractivity contribution is 0.961. The van der Waals surface area contributed by atoms with Crippen LogP contribution in [0.15, 0.2) is 30.6 Å². The van der Waals surface area contributed by atoms with Gasteiger partial charge >= 0.3 is 0 Å². The molecule has 0 spiro atoms. The Morgan fingerprint density at radius 2 is 1.50 bits per heavy atom. The maximum Gasteiger partial charge on any atom is 0.0629 e. The first-order chi connectivity index (χ1) is 7.61. The van der Waals surface area contributed by atoms with Crippen LogP contribution in [0, 0.1) is 27.7 Å². The van der Waals surface area contributed by atoms with E-state index in [-0.39, 0.29) is 0 Å². The molecule has 0 bridgehead atoms. The third-order valence-corrected chi connectivity index (χ3v) is 2.44. The minimum absolute atomic E-state index is 1.01. The van der Waals surface area contributed by atoms with Gasteiger partial charge in [-0.2, -0.15) is 10.2 Å². The topological polar surface area (TPSA) is 38.7 Å². The van der Waals surface area contributed by atoms with Crippen LogP contribution >= 0.6 is 0 Å². The Kier molecular flexibility index (Phi) is 4.58. The lowest BCUT2D eigenvalue weighted by Crippen LogP contribution is -1.86. The first-order valence-corrected chi connectivity index (χ1v) is 5.24. The highest BCUT2D eigenvalue weighted by atomic mass is 15.1. The van der Waals surface area contributed by atoms with Gasteiger partial charge in [0.05, 0.1) is 5.69 Å². The summed E-state index contributed by atoms with van der Waals surface area (Å²) < 4.78 is 0. The molecule has 0 aliphatic heterocycles. The summed E-state index contributed by atoms with van der Waals surface area (Å²) in [7, 11) is 0. The molecule has 0 radical (unpaired) electrons. The van der Waals surface area contributed by atoms with Gasteiger partial charge in [0.1, 0.15) is 0 Å². The lowest BCUT2D eigenvalue weighted by Gasteiger charge is -1.92. The molecule has 16 heavy (non-hydrogen) atoms. The molecule has 0 aromatic carbocycles. The van der Waals surface area contributed by atoms with Gasteiger partial charge in [-0.1, -0.05) is 6.07 Å². The molecule has 0 saturated heterocycles. The Morgan fingerprint density at radius 1 is 0.812 bits per heavy atom. The second-order valence-electron chi connectivity index (χ2n) is 3.71. The van der Waals surface area contributed by atoms with Gasteiger partial charge in [0.15, 0.2) is 0 Å². The van der Waals surface area contributed by atoms with Gasteiger partial charge in [0.2, 0.25) is 0 Å². The lowest BCUT2D eigenvalue weighted by atomic mass is 10.2. The molecule has 0 aliphatic carbocycles. The molecule has 0 unspecified atom stereocenters. The first-order valence-electron chi connectivity index (χ1n) is 5.24. The summed E-state index contributed by atoms with van der Waals surface area (Å²) in [5, 5.41) is 7.52. The number of aromatic nitrogens is 3. The Bertz CT molecular complexity index is 367. The Hall–Kier alpha value is -1.77. The smallest absolute Gasteiger partial charge is 0.0629 e. The molecular weight excluding hydrogens is 198 g/mol. The van der Waals surface area contributed by atoms with Crippen molar-refractivity contribution in [2.45, 2.75) is 27.7 Å². The molecule has 2 heterocycles. The van der Waals surface area contributed by atoms with Crippen LogP contribution < -0.4 is 0 Å². The Balaban J connectivity index is 0.000000160. The van der Waals surface area contributed by atoms with E-state index in [9.17, 15) is 0 Å². The second-order valence-corrected chi connectivity index (χ2v) is 3.71. The highest BCUT2D eigenvalue weighted by molar-refractivity contribution is 5.15. The molecule has 0 aliphatic rings. The summed E-state index contributed by atoms with van der Waals surface area (Å²) in [6, 6.07) is 5.95. The third kappa shape index (κ3) is 3.77. The van der Waals surface area contributed by atoms with Crippen molar-refractivity contribution < 1.29 is 0 Å². The number of nitrogens with zero attached hydrogens (tertiary/aromatic N) is 3. The van der Waals surface area contributed by atoms with Crippen molar-refractivity contribution in [3.8, 4) is 0 Å². The quantitative estimate of drug-likeness (QED) is 0.678. The molecular formula is C13H17N3. The second kappa shape index (κ2) is 5.95. The normalized spacial score (nSPS) is 9.25. The fraction of sp³-hybridized carbons (Fsp3) is 0.308. The molecule has 0 amide bonds. The van der Waals surface area contributed by atoms with Crippen LogP contribution in [0.4, 0.5) is 0 Å². The predicted molar refractivity (Wildman–Crippen MR) is 65.2 cm³/mol. The molecule has 84 valence electrons. The summed E-state index contributed by atoms with van der Waals surface area (Å²) in [4.78, 5) is 4.08. The van der Waals surface area contributed by atoms with Crippen LogP contribution in [-0.4, -0.2) is 15.2 Å². The van der Waals surface area contributed by atoms with Gasteiger partial charge < -0.3 is 0 Å². The van der Waals surface area contributed by atoms with E-state index < -0.39 is 0 Å². The van der Waals surface area contributed by atoms with Crippen LogP contribution in [0.2, 0.25) is 0 Å². The molecule has 2 rings (SSSR count). The molecule has 0 fully saturated rings. The van der Waals surface area contributed by atoms with Gasteiger partial charge in [-0.3, -0.25) is 4.98 Å². The maximum absolute atomic E-state index is 4.08. The van der Waals surface area contributed by atoms with Gasteiger partial charge in [-0.15, -0.1) is 0 Å². The van der Waals surface area contributed by atoms with E-state index in [1.807, 2.05) is 39.1 Å². The van der Waals surface area contributed by atoms with E-state index in [1.165, 1.54) is 11.1 Å². The summed E-state index contributed by atoms with van der Waals surface area (Å²) in [6.07, 6.45) is 3.50. The highest BCUT2D eigenvalue weighted by Gasteiger charge is 1.87. The Morgan fingerprint density at radius 3 is 1.88 bits per heavy atom. The monoisotopic (exact) mass is 215 g/mol. The zero-order valence-electron chi connectivity index (χ0n) is 10.2. The average Bonchev–Trinajstić information content (AvgIpc) is 2.28. The van der Waals surface area contributed by atoms with Crippen molar-refractivity contribution in [2.75, 3.05) is 0 Å². The van der Waals surface area contributed by atoms with Crippen LogP contribution in [0.3, 0.4) is 0 Å². The van der Waals surface area contributed by atoms with Crippen molar-refractivity contribution in [1.82, 2.24) is 15.2 Å². The maximum atomic E-state index is 4.08. The molecule has 0 saturated carbocycles. The fourth-order valence-corrected chi connectivity index (χ4v) is 1.03. The van der Waals surface area contributed by atoms with E-state index in [4.69, 9.17) is 0 Å². The van der Waals surface area contributed by atoms with Crippen molar-refractivity contribution >= 4 is 0 Å². The van der Waals surface area contributed by atoms with E-state index in [1.54, 1.807) is 6.20 Å². The minimum atomic E-state index is 1.01. The third-order valence-electron chi connectivity index (χ3n) is 2.44. The van der Waals surface area contributed by atoms with Gasteiger partial charge in [0, 0.05) is 18.1 Å². The summed E-state index contributed by atoms with van der Waals surface area (Å²) in [5.41, 5.74) is 4.58. The molecule has 2 aromatic heterocycles. The SMILES string of the molecule is Cc1cccnc1C.Cc1ccnnc1C. The van der Waals surface area contributed by atoms with Crippen molar-refractivity contribution in [3.05, 3.63) is 53.1 Å². The predicted octanol–water partition coefficient (Wildman–Crippen LogP) is 2.79. The number of hydrogen-bond donors (Lipinski definition) is 0. The standard InChI is InChI=1S/C7H9N.C6H8N2/c1-6-4-3-5-8-7(6)2;1-5-3-4-7-8-6(5)2/h3-5H,1-2H3;3-4H,1-2H3. The van der Waals surface area contributed by atoms with Crippen LogP contribution in [0.25, 0.3) is 0 Å².